The first-order valence-corrected chi connectivity index (χ1v) is 10.4. The van der Waals surface area contributed by atoms with Gasteiger partial charge in [0, 0.05) is 25.1 Å². The molecule has 2 fully saturated rings. The van der Waals surface area contributed by atoms with Gasteiger partial charge in [0.15, 0.2) is 5.69 Å². The molecule has 8 heteroatoms. The van der Waals surface area contributed by atoms with Gasteiger partial charge in [-0.15, -0.1) is 12.4 Å². The Morgan fingerprint density at radius 2 is 1.83 bits per heavy atom. The number of benzene rings is 1. The summed E-state index contributed by atoms with van der Waals surface area (Å²) >= 11 is 0. The van der Waals surface area contributed by atoms with Gasteiger partial charge in [0.2, 0.25) is 5.91 Å². The highest BCUT2D eigenvalue weighted by atomic mass is 35.5. The highest BCUT2D eigenvalue weighted by Gasteiger charge is 2.33. The molecule has 1 aliphatic carbocycles. The molecule has 0 spiro atoms. The topological polar surface area (TPSA) is 101 Å². The molecule has 2 amide bonds. The minimum absolute atomic E-state index is 0. The molecular formula is C22H29ClN4O3. The average molecular weight is 433 g/mol. The first-order chi connectivity index (χ1) is 14.0. The second-order valence-electron chi connectivity index (χ2n) is 8.20. The summed E-state index contributed by atoms with van der Waals surface area (Å²) in [6.07, 6.45) is 3.82. The molecule has 30 heavy (non-hydrogen) atoms. The SMILES string of the molecule is CC(N)C(=O)N1CCC([C@@H](NC(=O)c2cc(C3CC3)on2)c2ccccc2)CC1.Cl. The Balaban J connectivity index is 0.00000256. The first kappa shape index (κ1) is 22.3. The molecule has 1 aromatic heterocycles. The Morgan fingerprint density at radius 3 is 2.43 bits per heavy atom. The van der Waals surface area contributed by atoms with E-state index >= 15 is 0 Å². The summed E-state index contributed by atoms with van der Waals surface area (Å²) < 4.78 is 5.34. The van der Waals surface area contributed by atoms with Crippen molar-refractivity contribution >= 4 is 24.2 Å². The largest absolute Gasteiger partial charge is 0.360 e. The fourth-order valence-electron chi connectivity index (χ4n) is 4.05. The van der Waals surface area contributed by atoms with E-state index in [1.54, 1.807) is 13.0 Å². The Morgan fingerprint density at radius 1 is 1.17 bits per heavy atom. The molecule has 3 N–H and O–H groups in total. The lowest BCUT2D eigenvalue weighted by atomic mass is 9.85. The van der Waals surface area contributed by atoms with Gasteiger partial charge < -0.3 is 20.5 Å². The number of amides is 2. The quantitative estimate of drug-likeness (QED) is 0.730. The number of nitrogens with one attached hydrogen (secondary N) is 1. The van der Waals surface area contributed by atoms with Gasteiger partial charge in [0.1, 0.15) is 5.76 Å². The van der Waals surface area contributed by atoms with Gasteiger partial charge in [-0.25, -0.2) is 0 Å². The lowest BCUT2D eigenvalue weighted by molar-refractivity contribution is -0.133. The molecular weight excluding hydrogens is 404 g/mol. The summed E-state index contributed by atoms with van der Waals surface area (Å²) in [5.41, 5.74) is 7.14. The van der Waals surface area contributed by atoms with Crippen molar-refractivity contribution in [1.29, 1.82) is 0 Å². The summed E-state index contributed by atoms with van der Waals surface area (Å²) in [4.78, 5) is 26.9. The Hall–Kier alpha value is -2.38. The molecule has 2 aromatic rings. The molecule has 162 valence electrons. The number of carbonyl (C=O) groups excluding carboxylic acids is 2. The molecule has 2 aliphatic rings. The van der Waals surface area contributed by atoms with E-state index in [2.05, 4.69) is 10.5 Å². The number of hydrogen-bond acceptors (Lipinski definition) is 5. The maximum Gasteiger partial charge on any atom is 0.273 e. The standard InChI is InChI=1S/C22H28N4O3.ClH/c1-14(23)22(28)26-11-9-17(10-12-26)20(16-5-3-2-4-6-16)24-21(27)18-13-19(29-25-18)15-7-8-15;/h2-6,13-15,17,20H,7-12,23H2,1H3,(H,24,27);1H/t14?,20-;/m0./s1. The number of nitrogens with zero attached hydrogens (tertiary/aromatic N) is 2. The Kier molecular flexibility index (Phi) is 7.15. The van der Waals surface area contributed by atoms with Crippen LogP contribution in [-0.2, 0) is 4.79 Å². The van der Waals surface area contributed by atoms with E-state index in [-0.39, 0.29) is 36.2 Å². The first-order valence-electron chi connectivity index (χ1n) is 10.4. The van der Waals surface area contributed by atoms with Crippen LogP contribution in [0.5, 0.6) is 0 Å². The average Bonchev–Trinajstić information content (AvgIpc) is 3.48. The summed E-state index contributed by atoms with van der Waals surface area (Å²) in [7, 11) is 0. The van der Waals surface area contributed by atoms with E-state index in [0.29, 0.717) is 24.7 Å². The van der Waals surface area contributed by atoms with Gasteiger partial charge in [-0.3, -0.25) is 9.59 Å². The van der Waals surface area contributed by atoms with Crippen molar-refractivity contribution in [2.45, 2.75) is 50.6 Å². The zero-order valence-corrected chi connectivity index (χ0v) is 17.9. The zero-order chi connectivity index (χ0) is 20.4. The van der Waals surface area contributed by atoms with Crippen LogP contribution in [0.25, 0.3) is 0 Å². The number of halogens is 1. The van der Waals surface area contributed by atoms with E-state index in [1.165, 1.54) is 0 Å². The van der Waals surface area contributed by atoms with Crippen LogP contribution in [0.1, 0.15) is 66.4 Å². The van der Waals surface area contributed by atoms with E-state index in [4.69, 9.17) is 10.3 Å². The third-order valence-electron chi connectivity index (χ3n) is 5.90. The number of hydrogen-bond donors (Lipinski definition) is 2. The molecule has 2 heterocycles. The maximum atomic E-state index is 12.9. The van der Waals surface area contributed by atoms with E-state index in [0.717, 1.165) is 37.0 Å². The molecule has 1 saturated carbocycles. The summed E-state index contributed by atoms with van der Waals surface area (Å²) in [6.45, 7) is 3.02. The number of likely N-dealkylation sites (tertiary alicyclic amines) is 1. The number of carbonyl (C=O) groups is 2. The normalized spacial score (nSPS) is 18.9. The second-order valence-corrected chi connectivity index (χ2v) is 8.20. The molecule has 0 bridgehead atoms. The zero-order valence-electron chi connectivity index (χ0n) is 17.1. The van der Waals surface area contributed by atoms with Crippen LogP contribution in [0, 0.1) is 5.92 Å². The minimum Gasteiger partial charge on any atom is -0.360 e. The van der Waals surface area contributed by atoms with Crippen LogP contribution in [0.4, 0.5) is 0 Å². The molecule has 1 aromatic carbocycles. The van der Waals surface area contributed by atoms with Crippen LogP contribution in [-0.4, -0.2) is 41.0 Å². The predicted octanol–water partition coefficient (Wildman–Crippen LogP) is 3.03. The smallest absolute Gasteiger partial charge is 0.273 e. The molecule has 1 aliphatic heterocycles. The lowest BCUT2D eigenvalue weighted by Gasteiger charge is -2.37. The fourth-order valence-corrected chi connectivity index (χ4v) is 4.05. The molecule has 7 nitrogen and oxygen atoms in total. The van der Waals surface area contributed by atoms with Gasteiger partial charge in [-0.05, 0) is 44.1 Å². The van der Waals surface area contributed by atoms with Gasteiger partial charge in [0.25, 0.3) is 5.91 Å². The van der Waals surface area contributed by atoms with Crippen molar-refractivity contribution < 1.29 is 14.1 Å². The third-order valence-corrected chi connectivity index (χ3v) is 5.90. The Bertz CT molecular complexity index is 858. The van der Waals surface area contributed by atoms with Gasteiger partial charge in [0.05, 0.1) is 12.1 Å². The predicted molar refractivity (Wildman–Crippen MR) is 115 cm³/mol. The maximum absolute atomic E-state index is 12.9. The fraction of sp³-hybridized carbons (Fsp3) is 0.500. The van der Waals surface area contributed by atoms with Crippen molar-refractivity contribution in [1.82, 2.24) is 15.4 Å². The van der Waals surface area contributed by atoms with E-state index < -0.39 is 6.04 Å². The van der Waals surface area contributed by atoms with E-state index in [1.807, 2.05) is 35.2 Å². The van der Waals surface area contributed by atoms with Gasteiger partial charge in [-0.1, -0.05) is 35.5 Å². The lowest BCUT2D eigenvalue weighted by Crippen LogP contribution is -2.47. The van der Waals surface area contributed by atoms with Crippen LogP contribution >= 0.6 is 12.4 Å². The van der Waals surface area contributed by atoms with Crippen LogP contribution in [0.15, 0.2) is 40.9 Å². The van der Waals surface area contributed by atoms with Crippen LogP contribution < -0.4 is 11.1 Å². The van der Waals surface area contributed by atoms with Gasteiger partial charge >= 0.3 is 0 Å². The van der Waals surface area contributed by atoms with Gasteiger partial charge in [-0.2, -0.15) is 0 Å². The Labute approximate surface area is 182 Å². The molecule has 4 rings (SSSR count). The van der Waals surface area contributed by atoms with Crippen molar-refractivity contribution in [2.24, 2.45) is 11.7 Å². The van der Waals surface area contributed by atoms with Crippen LogP contribution in [0.2, 0.25) is 0 Å². The highest BCUT2D eigenvalue weighted by Crippen LogP contribution is 2.40. The van der Waals surface area contributed by atoms with E-state index in [9.17, 15) is 9.59 Å². The molecule has 1 unspecified atom stereocenters. The summed E-state index contributed by atoms with van der Waals surface area (Å²) in [5.74, 6) is 1.21. The molecule has 0 radical (unpaired) electrons. The number of nitrogens with two attached hydrogens (primary N) is 1. The minimum atomic E-state index is -0.482. The summed E-state index contributed by atoms with van der Waals surface area (Å²) in [6, 6.07) is 11.1. The van der Waals surface area contributed by atoms with Crippen LogP contribution in [0.3, 0.4) is 0 Å². The number of rotatable bonds is 6. The van der Waals surface area contributed by atoms with Crippen molar-refractivity contribution in [3.8, 4) is 0 Å². The molecule has 2 atom stereocenters. The third kappa shape index (κ3) is 5.02. The van der Waals surface area contributed by atoms with Crippen molar-refractivity contribution in [3.63, 3.8) is 0 Å². The van der Waals surface area contributed by atoms with Crippen molar-refractivity contribution in [2.75, 3.05) is 13.1 Å². The highest BCUT2D eigenvalue weighted by molar-refractivity contribution is 5.92. The number of aromatic nitrogens is 1. The summed E-state index contributed by atoms with van der Waals surface area (Å²) in [5, 5.41) is 7.14. The van der Waals surface area contributed by atoms with Crippen molar-refractivity contribution in [3.05, 3.63) is 53.4 Å². The number of piperidine rings is 1. The monoisotopic (exact) mass is 432 g/mol. The second kappa shape index (κ2) is 9.62. The molecule has 1 saturated heterocycles.